The first-order chi connectivity index (χ1) is 14.0. The molecule has 0 aliphatic heterocycles. The lowest BCUT2D eigenvalue weighted by atomic mass is 9.73. The van der Waals surface area contributed by atoms with E-state index < -0.39 is 11.6 Å². The molecule has 0 N–H and O–H groups in total. The second-order valence-corrected chi connectivity index (χ2v) is 8.44. The molecule has 0 radical (unpaired) electrons. The molecule has 4 heteroatoms. The minimum atomic E-state index is -0.874. The molecular weight excluding hydrogens is 373 g/mol. The second-order valence-electron chi connectivity index (χ2n) is 8.44. The fraction of sp³-hybridized carbons (Fsp3) is 0.600. The summed E-state index contributed by atoms with van der Waals surface area (Å²) >= 11 is 0. The van der Waals surface area contributed by atoms with Crippen LogP contribution in [0.25, 0.3) is 0 Å². The molecule has 0 spiro atoms. The standard InChI is InChI=1S/C25H33F3O/c1-3-5-21(26)16-17-6-8-18(9-7-17)19-10-12-20(13-11-19)22-14-15-23(29-4-2)25(28)24(22)27/h10,14-18,20H,3-9,11-13H2,1-2H3/b21-16-. The number of benzene rings is 1. The SMILES string of the molecule is CCC/C(F)=C/C1CCC(C2=CCC(c3ccc(OCC)c(F)c3F)CC2)CC1. The molecule has 0 aromatic heterocycles. The Morgan fingerprint density at radius 2 is 1.79 bits per heavy atom. The maximum atomic E-state index is 14.5. The highest BCUT2D eigenvalue weighted by Crippen LogP contribution is 2.42. The van der Waals surface area contributed by atoms with Crippen LogP contribution in [0.3, 0.4) is 0 Å². The van der Waals surface area contributed by atoms with Crippen LogP contribution >= 0.6 is 0 Å². The number of hydrogen-bond acceptors (Lipinski definition) is 1. The van der Waals surface area contributed by atoms with Gasteiger partial charge in [0, 0.05) is 0 Å². The van der Waals surface area contributed by atoms with E-state index in [-0.39, 0.29) is 17.5 Å². The Morgan fingerprint density at radius 3 is 2.41 bits per heavy atom. The zero-order valence-electron chi connectivity index (χ0n) is 17.7. The van der Waals surface area contributed by atoms with Crippen molar-refractivity contribution in [1.29, 1.82) is 0 Å². The molecule has 1 saturated carbocycles. The molecule has 3 rings (SSSR count). The van der Waals surface area contributed by atoms with Gasteiger partial charge in [-0.2, -0.15) is 4.39 Å². The highest BCUT2D eigenvalue weighted by Gasteiger charge is 2.28. The number of rotatable bonds is 7. The molecule has 1 aromatic rings. The van der Waals surface area contributed by atoms with Crippen molar-refractivity contribution in [3.05, 3.63) is 52.9 Å². The van der Waals surface area contributed by atoms with Gasteiger partial charge in [0.2, 0.25) is 5.82 Å². The third-order valence-corrected chi connectivity index (χ3v) is 6.46. The van der Waals surface area contributed by atoms with E-state index in [9.17, 15) is 13.2 Å². The summed E-state index contributed by atoms with van der Waals surface area (Å²) in [6.07, 6.45) is 12.3. The van der Waals surface area contributed by atoms with Gasteiger partial charge in [0.1, 0.15) is 0 Å². The van der Waals surface area contributed by atoms with E-state index >= 15 is 0 Å². The largest absolute Gasteiger partial charge is 0.491 e. The van der Waals surface area contributed by atoms with Crippen LogP contribution in [0.2, 0.25) is 0 Å². The van der Waals surface area contributed by atoms with Gasteiger partial charge >= 0.3 is 0 Å². The maximum Gasteiger partial charge on any atom is 0.200 e. The summed E-state index contributed by atoms with van der Waals surface area (Å²) in [7, 11) is 0. The molecule has 0 bridgehead atoms. The van der Waals surface area contributed by atoms with Crippen molar-refractivity contribution >= 4 is 0 Å². The van der Waals surface area contributed by atoms with Crippen LogP contribution in [-0.2, 0) is 0 Å². The van der Waals surface area contributed by atoms with Crippen LogP contribution < -0.4 is 4.74 Å². The minimum Gasteiger partial charge on any atom is -0.491 e. The molecular formula is C25H33F3O. The molecule has 2 aliphatic rings. The fourth-order valence-corrected chi connectivity index (χ4v) is 4.87. The Balaban J connectivity index is 1.58. The van der Waals surface area contributed by atoms with Gasteiger partial charge in [-0.3, -0.25) is 0 Å². The summed E-state index contributed by atoms with van der Waals surface area (Å²) in [5.41, 5.74) is 1.92. The van der Waals surface area contributed by atoms with Crippen LogP contribution in [0.1, 0.15) is 83.1 Å². The number of halogens is 3. The molecule has 1 atom stereocenters. The predicted molar refractivity (Wildman–Crippen MR) is 112 cm³/mol. The molecule has 1 nitrogen and oxygen atoms in total. The quantitative estimate of drug-likeness (QED) is 0.417. The molecule has 0 heterocycles. The summed E-state index contributed by atoms with van der Waals surface area (Å²) in [4.78, 5) is 0. The first kappa shape index (κ1) is 22.0. The Bertz CT molecular complexity index is 745. The van der Waals surface area contributed by atoms with Gasteiger partial charge in [-0.15, -0.1) is 0 Å². The molecule has 0 amide bonds. The normalized spacial score (nSPS) is 25.6. The van der Waals surface area contributed by atoms with E-state index in [4.69, 9.17) is 4.74 Å². The van der Waals surface area contributed by atoms with Crippen LogP contribution in [0, 0.1) is 23.5 Å². The van der Waals surface area contributed by atoms with Crippen molar-refractivity contribution in [2.45, 2.75) is 77.6 Å². The monoisotopic (exact) mass is 406 g/mol. The predicted octanol–water partition coefficient (Wildman–Crippen LogP) is 8.02. The smallest absolute Gasteiger partial charge is 0.200 e. The summed E-state index contributed by atoms with van der Waals surface area (Å²) in [6.45, 7) is 4.07. The Morgan fingerprint density at radius 1 is 1.03 bits per heavy atom. The van der Waals surface area contributed by atoms with Gasteiger partial charge in [0.05, 0.1) is 12.4 Å². The van der Waals surface area contributed by atoms with Crippen LogP contribution in [-0.4, -0.2) is 6.61 Å². The summed E-state index contributed by atoms with van der Waals surface area (Å²) in [5.74, 6) is -0.652. The van der Waals surface area contributed by atoms with Gasteiger partial charge in [-0.25, -0.2) is 8.78 Å². The van der Waals surface area contributed by atoms with E-state index in [1.807, 2.05) is 13.0 Å². The molecule has 2 aliphatic carbocycles. The minimum absolute atomic E-state index is 0.0121. The van der Waals surface area contributed by atoms with Crippen molar-refractivity contribution in [1.82, 2.24) is 0 Å². The first-order valence-corrected chi connectivity index (χ1v) is 11.2. The average molecular weight is 407 g/mol. The van der Waals surface area contributed by atoms with Crippen LogP contribution in [0.4, 0.5) is 13.2 Å². The Labute approximate surface area is 173 Å². The molecule has 0 saturated heterocycles. The van der Waals surface area contributed by atoms with E-state index in [0.29, 0.717) is 30.4 Å². The van der Waals surface area contributed by atoms with E-state index in [2.05, 4.69) is 6.08 Å². The third kappa shape index (κ3) is 5.46. The van der Waals surface area contributed by atoms with Crippen LogP contribution in [0.15, 0.2) is 35.7 Å². The number of allylic oxidation sites excluding steroid dienone is 4. The second kappa shape index (κ2) is 10.4. The Kier molecular flexibility index (Phi) is 7.85. The van der Waals surface area contributed by atoms with Crippen molar-refractivity contribution in [2.75, 3.05) is 6.61 Å². The summed E-state index contributed by atoms with van der Waals surface area (Å²) in [5, 5.41) is 0. The number of ether oxygens (including phenoxy) is 1. The molecule has 1 aromatic carbocycles. The van der Waals surface area contributed by atoms with Gasteiger partial charge < -0.3 is 4.74 Å². The fourth-order valence-electron chi connectivity index (χ4n) is 4.87. The topological polar surface area (TPSA) is 9.23 Å². The Hall–Kier alpha value is -1.71. The van der Waals surface area contributed by atoms with Crippen molar-refractivity contribution in [2.24, 2.45) is 11.8 Å². The van der Waals surface area contributed by atoms with Gasteiger partial charge in [0.25, 0.3) is 0 Å². The molecule has 29 heavy (non-hydrogen) atoms. The highest BCUT2D eigenvalue weighted by atomic mass is 19.2. The lowest BCUT2D eigenvalue weighted by Gasteiger charge is -2.32. The van der Waals surface area contributed by atoms with Crippen molar-refractivity contribution in [3.8, 4) is 5.75 Å². The molecule has 1 unspecified atom stereocenters. The summed E-state index contributed by atoms with van der Waals surface area (Å²) in [6, 6.07) is 3.22. The van der Waals surface area contributed by atoms with Crippen molar-refractivity contribution < 1.29 is 17.9 Å². The maximum absolute atomic E-state index is 14.5. The zero-order valence-corrected chi connectivity index (χ0v) is 17.7. The van der Waals surface area contributed by atoms with Gasteiger partial charge in [-0.05, 0) is 100 Å². The van der Waals surface area contributed by atoms with E-state index in [1.165, 1.54) is 5.57 Å². The average Bonchev–Trinajstić information content (AvgIpc) is 2.73. The lowest BCUT2D eigenvalue weighted by molar-refractivity contribution is 0.311. The first-order valence-electron chi connectivity index (χ1n) is 11.2. The van der Waals surface area contributed by atoms with Gasteiger partial charge in [-0.1, -0.05) is 24.6 Å². The van der Waals surface area contributed by atoms with Gasteiger partial charge in [0.15, 0.2) is 11.6 Å². The summed E-state index contributed by atoms with van der Waals surface area (Å²) < 4.78 is 47.6. The van der Waals surface area contributed by atoms with Crippen LogP contribution in [0.5, 0.6) is 5.75 Å². The van der Waals surface area contributed by atoms with Crippen molar-refractivity contribution in [3.63, 3.8) is 0 Å². The van der Waals surface area contributed by atoms with E-state index in [0.717, 1.165) is 51.4 Å². The van der Waals surface area contributed by atoms with E-state index in [1.54, 1.807) is 19.1 Å². The lowest BCUT2D eigenvalue weighted by Crippen LogP contribution is -2.18. The number of hydrogen-bond donors (Lipinski definition) is 0. The zero-order chi connectivity index (χ0) is 20.8. The molecule has 1 fully saturated rings. The highest BCUT2D eigenvalue weighted by molar-refractivity contribution is 5.34. The molecule has 160 valence electrons. The third-order valence-electron chi connectivity index (χ3n) is 6.46.